The van der Waals surface area contributed by atoms with E-state index in [-0.39, 0.29) is 0 Å². The molecule has 2 N–H and O–H groups in total. The van der Waals surface area contributed by atoms with Crippen LogP contribution in [0.5, 0.6) is 5.88 Å². The minimum absolute atomic E-state index is 0.564. The second kappa shape index (κ2) is 7.04. The fourth-order valence-electron chi connectivity index (χ4n) is 2.04. The van der Waals surface area contributed by atoms with Gasteiger partial charge in [-0.3, -0.25) is 0 Å². The van der Waals surface area contributed by atoms with Crippen molar-refractivity contribution in [1.29, 1.82) is 0 Å². The van der Waals surface area contributed by atoms with Crippen molar-refractivity contribution in [1.82, 2.24) is 9.97 Å². The lowest BCUT2D eigenvalue weighted by molar-refractivity contribution is 0.326. The Bertz CT molecular complexity index is 583. The molecule has 0 aliphatic rings. The van der Waals surface area contributed by atoms with E-state index in [0.29, 0.717) is 25.0 Å². The summed E-state index contributed by atoms with van der Waals surface area (Å²) in [5, 5.41) is 0. The number of hydrogen-bond acceptors (Lipinski definition) is 5. The van der Waals surface area contributed by atoms with E-state index in [0.717, 1.165) is 17.8 Å². The van der Waals surface area contributed by atoms with Crippen LogP contribution in [0.25, 0.3) is 0 Å². The Morgan fingerprint density at radius 3 is 2.43 bits per heavy atom. The lowest BCUT2D eigenvalue weighted by Gasteiger charge is -2.18. The normalized spacial score (nSPS) is 10.5. The van der Waals surface area contributed by atoms with E-state index >= 15 is 0 Å². The highest BCUT2D eigenvalue weighted by Gasteiger charge is 2.08. The number of aryl methyl sites for hydroxylation is 1. The van der Waals surface area contributed by atoms with Gasteiger partial charge in [0.1, 0.15) is 0 Å². The number of hydrogen-bond donors (Lipinski definition) is 1. The van der Waals surface area contributed by atoms with Crippen molar-refractivity contribution in [2.45, 2.75) is 26.9 Å². The summed E-state index contributed by atoms with van der Waals surface area (Å²) in [6, 6.07) is 10.1. The topological polar surface area (TPSA) is 64.3 Å². The van der Waals surface area contributed by atoms with E-state index in [1.807, 2.05) is 44.0 Å². The van der Waals surface area contributed by atoms with Crippen molar-refractivity contribution in [3.63, 3.8) is 0 Å². The highest BCUT2D eigenvalue weighted by Crippen LogP contribution is 2.16. The highest BCUT2D eigenvalue weighted by molar-refractivity contribution is 5.35. The SMILES string of the molecule is CCOc1cc(C)nc(N(C)Cc2ccc(CN)cc2)n1. The largest absolute Gasteiger partial charge is 0.478 e. The van der Waals surface area contributed by atoms with Crippen LogP contribution >= 0.6 is 0 Å². The van der Waals surface area contributed by atoms with Crippen LogP contribution in [0.4, 0.5) is 5.95 Å². The monoisotopic (exact) mass is 286 g/mol. The second-order valence-electron chi connectivity index (χ2n) is 4.96. The molecule has 0 aliphatic heterocycles. The van der Waals surface area contributed by atoms with Crippen LogP contribution in [0.1, 0.15) is 23.7 Å². The van der Waals surface area contributed by atoms with E-state index < -0.39 is 0 Å². The molecule has 0 atom stereocenters. The molecule has 0 saturated heterocycles. The second-order valence-corrected chi connectivity index (χ2v) is 4.96. The quantitative estimate of drug-likeness (QED) is 0.882. The third kappa shape index (κ3) is 4.16. The van der Waals surface area contributed by atoms with Gasteiger partial charge in [-0.05, 0) is 25.0 Å². The third-order valence-corrected chi connectivity index (χ3v) is 3.13. The molecule has 5 heteroatoms. The molecule has 0 aliphatic carbocycles. The Morgan fingerprint density at radius 1 is 1.14 bits per heavy atom. The summed E-state index contributed by atoms with van der Waals surface area (Å²) >= 11 is 0. The van der Waals surface area contributed by atoms with Crippen LogP contribution < -0.4 is 15.4 Å². The van der Waals surface area contributed by atoms with Crippen LogP contribution in [0, 0.1) is 6.92 Å². The van der Waals surface area contributed by atoms with Crippen molar-refractivity contribution in [2.75, 3.05) is 18.6 Å². The number of ether oxygens (including phenoxy) is 1. The Labute approximate surface area is 125 Å². The molecular formula is C16H22N4O. The first-order chi connectivity index (χ1) is 10.1. The molecule has 21 heavy (non-hydrogen) atoms. The lowest BCUT2D eigenvalue weighted by Crippen LogP contribution is -2.19. The Kier molecular flexibility index (Phi) is 5.11. The minimum Gasteiger partial charge on any atom is -0.478 e. The van der Waals surface area contributed by atoms with Crippen molar-refractivity contribution >= 4 is 5.95 Å². The van der Waals surface area contributed by atoms with E-state index in [2.05, 4.69) is 22.1 Å². The van der Waals surface area contributed by atoms with E-state index in [4.69, 9.17) is 10.5 Å². The predicted octanol–water partition coefficient (Wildman–Crippen LogP) is 2.28. The smallest absolute Gasteiger partial charge is 0.228 e. The van der Waals surface area contributed by atoms with Crippen LogP contribution in [-0.2, 0) is 13.1 Å². The molecule has 1 aromatic carbocycles. The van der Waals surface area contributed by atoms with Gasteiger partial charge in [0.2, 0.25) is 11.8 Å². The molecule has 0 fully saturated rings. The first kappa shape index (κ1) is 15.3. The minimum atomic E-state index is 0.564. The van der Waals surface area contributed by atoms with Crippen LogP contribution in [0.2, 0.25) is 0 Å². The summed E-state index contributed by atoms with van der Waals surface area (Å²) in [7, 11) is 1.97. The number of benzene rings is 1. The molecular weight excluding hydrogens is 264 g/mol. The van der Waals surface area contributed by atoms with Crippen molar-refractivity contribution in [3.05, 3.63) is 47.2 Å². The standard InChI is InChI=1S/C16H22N4O/c1-4-21-15-9-12(2)18-16(19-15)20(3)11-14-7-5-13(10-17)6-8-14/h5-9H,4,10-11,17H2,1-3H3. The highest BCUT2D eigenvalue weighted by atomic mass is 16.5. The molecule has 1 aromatic heterocycles. The van der Waals surface area contributed by atoms with Gasteiger partial charge in [-0.1, -0.05) is 24.3 Å². The van der Waals surface area contributed by atoms with Gasteiger partial charge in [-0.15, -0.1) is 0 Å². The third-order valence-electron chi connectivity index (χ3n) is 3.13. The molecule has 112 valence electrons. The summed E-state index contributed by atoms with van der Waals surface area (Å²) in [5.41, 5.74) is 8.83. The summed E-state index contributed by atoms with van der Waals surface area (Å²) in [6.07, 6.45) is 0. The molecule has 1 heterocycles. The number of aromatic nitrogens is 2. The fourth-order valence-corrected chi connectivity index (χ4v) is 2.04. The molecule has 0 unspecified atom stereocenters. The molecule has 2 aromatic rings. The van der Waals surface area contributed by atoms with Gasteiger partial charge in [0.05, 0.1) is 6.61 Å². The molecule has 0 radical (unpaired) electrons. The van der Waals surface area contributed by atoms with E-state index in [9.17, 15) is 0 Å². The molecule has 5 nitrogen and oxygen atoms in total. The molecule has 0 spiro atoms. The first-order valence-corrected chi connectivity index (χ1v) is 7.10. The maximum atomic E-state index is 5.61. The Balaban J connectivity index is 2.13. The maximum absolute atomic E-state index is 5.61. The molecule has 0 saturated carbocycles. The van der Waals surface area contributed by atoms with E-state index in [1.54, 1.807) is 0 Å². The average Bonchev–Trinajstić information content (AvgIpc) is 2.48. The molecule has 0 bridgehead atoms. The number of anilines is 1. The van der Waals surface area contributed by atoms with Gasteiger partial charge in [-0.2, -0.15) is 4.98 Å². The van der Waals surface area contributed by atoms with Gasteiger partial charge in [0.25, 0.3) is 0 Å². The summed E-state index contributed by atoms with van der Waals surface area (Å²) < 4.78 is 5.47. The average molecular weight is 286 g/mol. The van der Waals surface area contributed by atoms with Gasteiger partial charge in [0.15, 0.2) is 0 Å². The maximum Gasteiger partial charge on any atom is 0.228 e. The molecule has 0 amide bonds. The van der Waals surface area contributed by atoms with Crippen molar-refractivity contribution < 1.29 is 4.74 Å². The van der Waals surface area contributed by atoms with Crippen LogP contribution in [-0.4, -0.2) is 23.6 Å². The summed E-state index contributed by atoms with van der Waals surface area (Å²) in [5.74, 6) is 1.28. The van der Waals surface area contributed by atoms with Crippen molar-refractivity contribution in [3.8, 4) is 5.88 Å². The Morgan fingerprint density at radius 2 is 1.81 bits per heavy atom. The van der Waals surface area contributed by atoms with Crippen molar-refractivity contribution in [2.24, 2.45) is 5.73 Å². The zero-order chi connectivity index (χ0) is 15.2. The number of rotatable bonds is 6. The van der Waals surface area contributed by atoms with Gasteiger partial charge < -0.3 is 15.4 Å². The van der Waals surface area contributed by atoms with Gasteiger partial charge in [0, 0.05) is 31.9 Å². The zero-order valence-electron chi connectivity index (χ0n) is 12.8. The lowest BCUT2D eigenvalue weighted by atomic mass is 10.1. The van der Waals surface area contributed by atoms with Gasteiger partial charge >= 0.3 is 0 Å². The molecule has 2 rings (SSSR count). The van der Waals surface area contributed by atoms with Crippen LogP contribution in [0.15, 0.2) is 30.3 Å². The van der Waals surface area contributed by atoms with Gasteiger partial charge in [-0.25, -0.2) is 4.98 Å². The fraction of sp³-hybridized carbons (Fsp3) is 0.375. The van der Waals surface area contributed by atoms with E-state index in [1.165, 1.54) is 5.56 Å². The first-order valence-electron chi connectivity index (χ1n) is 7.10. The Hall–Kier alpha value is -2.14. The predicted molar refractivity (Wildman–Crippen MR) is 84.4 cm³/mol. The number of nitrogens with two attached hydrogens (primary N) is 1. The summed E-state index contributed by atoms with van der Waals surface area (Å²) in [4.78, 5) is 10.9. The zero-order valence-corrected chi connectivity index (χ0v) is 12.8. The summed E-state index contributed by atoms with van der Waals surface area (Å²) in [6.45, 7) is 5.78. The van der Waals surface area contributed by atoms with Crippen LogP contribution in [0.3, 0.4) is 0 Å². The number of nitrogens with zero attached hydrogens (tertiary/aromatic N) is 3.